The van der Waals surface area contributed by atoms with Crippen molar-refractivity contribution >= 4 is 17.5 Å². The zero-order chi connectivity index (χ0) is 19.6. The van der Waals surface area contributed by atoms with Crippen LogP contribution in [0.15, 0.2) is 11.6 Å². The maximum atomic E-state index is 12.4. The molecule has 3 saturated carbocycles. The van der Waals surface area contributed by atoms with E-state index in [1.54, 1.807) is 6.92 Å². The van der Waals surface area contributed by atoms with Crippen LogP contribution in [0.25, 0.3) is 0 Å². The summed E-state index contributed by atoms with van der Waals surface area (Å²) in [4.78, 5) is 36.4. The average Bonchev–Trinajstić information content (AvgIpc) is 2.91. The van der Waals surface area contributed by atoms with Crippen LogP contribution in [0.2, 0.25) is 0 Å². The van der Waals surface area contributed by atoms with Crippen LogP contribution in [0.3, 0.4) is 0 Å². The molecule has 0 aromatic heterocycles. The molecule has 3 fully saturated rings. The number of rotatable bonds is 2. The van der Waals surface area contributed by atoms with Crippen molar-refractivity contribution < 1.29 is 19.1 Å². The van der Waals surface area contributed by atoms with E-state index in [1.165, 1.54) is 12.5 Å². The Balaban J connectivity index is 1.77. The van der Waals surface area contributed by atoms with Gasteiger partial charge in [0.1, 0.15) is 11.9 Å². The van der Waals surface area contributed by atoms with Gasteiger partial charge in [-0.15, -0.1) is 0 Å². The van der Waals surface area contributed by atoms with Gasteiger partial charge in [-0.2, -0.15) is 0 Å². The van der Waals surface area contributed by atoms with Crippen LogP contribution in [0.1, 0.15) is 72.6 Å². The van der Waals surface area contributed by atoms with Crippen molar-refractivity contribution in [3.8, 4) is 0 Å². The molecule has 0 unspecified atom stereocenters. The monoisotopic (exact) mass is 372 g/mol. The first-order valence-corrected chi connectivity index (χ1v) is 10.6. The topological polar surface area (TPSA) is 60.4 Å². The number of hydrogen-bond acceptors (Lipinski definition) is 4. The molecule has 0 bridgehead atoms. The van der Waals surface area contributed by atoms with Gasteiger partial charge in [0.25, 0.3) is 0 Å². The van der Waals surface area contributed by atoms with Crippen molar-refractivity contribution in [2.45, 2.75) is 78.7 Å². The molecule has 0 aromatic carbocycles. The minimum atomic E-state index is -0.232. The highest BCUT2D eigenvalue weighted by molar-refractivity contribution is 5.91. The molecule has 7 atom stereocenters. The van der Waals surface area contributed by atoms with E-state index in [0.717, 1.165) is 38.5 Å². The summed E-state index contributed by atoms with van der Waals surface area (Å²) in [7, 11) is 0. The third-order valence-electron chi connectivity index (χ3n) is 8.68. The maximum absolute atomic E-state index is 12.4. The molecule has 4 aliphatic carbocycles. The minimum absolute atomic E-state index is 0.0629. The molecule has 4 nitrogen and oxygen atoms in total. The van der Waals surface area contributed by atoms with Gasteiger partial charge < -0.3 is 4.74 Å². The van der Waals surface area contributed by atoms with Crippen molar-refractivity contribution in [3.05, 3.63) is 11.6 Å². The summed E-state index contributed by atoms with van der Waals surface area (Å²) in [5.41, 5.74) is 1.13. The fourth-order valence-electron chi connectivity index (χ4n) is 7.64. The molecule has 0 aliphatic heterocycles. The number of Topliss-reactive ketones (excluding diaryl/α,β-unsaturated/α-hetero) is 1. The Hall–Kier alpha value is -1.45. The molecule has 0 aromatic rings. The standard InChI is InChI=1S/C23H32O4/c1-13(24)18-7-8-19-17-6-5-15-11-16(26)9-10-22(15,3)21(17)20(27-14(2)25)12-23(18,19)4/h11,17-21H,5-10,12H2,1-4H3/t17-,18+,19+,20-,21+,22+,23-/m1/s1. The van der Waals surface area contributed by atoms with Gasteiger partial charge in [-0.05, 0) is 74.2 Å². The molecule has 0 heterocycles. The van der Waals surface area contributed by atoms with Gasteiger partial charge in [0.15, 0.2) is 5.78 Å². The summed E-state index contributed by atoms with van der Waals surface area (Å²) in [5, 5.41) is 0. The van der Waals surface area contributed by atoms with E-state index in [-0.39, 0.29) is 46.3 Å². The number of ether oxygens (including phenoxy) is 1. The Morgan fingerprint density at radius 3 is 2.52 bits per heavy atom. The summed E-state index contributed by atoms with van der Waals surface area (Å²) >= 11 is 0. The third-order valence-corrected chi connectivity index (χ3v) is 8.68. The molecule has 0 saturated heterocycles. The molecular formula is C23H32O4. The van der Waals surface area contributed by atoms with Crippen molar-refractivity contribution in [1.82, 2.24) is 0 Å². The van der Waals surface area contributed by atoms with E-state index >= 15 is 0 Å². The number of carbonyl (C=O) groups excluding carboxylic acids is 3. The highest BCUT2D eigenvalue weighted by atomic mass is 16.5. The molecule has 148 valence electrons. The second-order valence-electron chi connectivity index (χ2n) is 9.99. The van der Waals surface area contributed by atoms with E-state index in [0.29, 0.717) is 18.3 Å². The normalized spacial score (nSPS) is 46.0. The van der Waals surface area contributed by atoms with Crippen LogP contribution >= 0.6 is 0 Å². The van der Waals surface area contributed by atoms with Gasteiger partial charge >= 0.3 is 5.97 Å². The van der Waals surface area contributed by atoms with Crippen molar-refractivity contribution in [2.24, 2.45) is 34.5 Å². The smallest absolute Gasteiger partial charge is 0.302 e. The lowest BCUT2D eigenvalue weighted by molar-refractivity contribution is -0.176. The molecule has 0 amide bonds. The molecule has 4 rings (SSSR count). The number of allylic oxidation sites excluding steroid dienone is 1. The van der Waals surface area contributed by atoms with Gasteiger partial charge in [0.05, 0.1) is 0 Å². The van der Waals surface area contributed by atoms with Gasteiger partial charge in [-0.25, -0.2) is 0 Å². The first kappa shape index (κ1) is 18.9. The van der Waals surface area contributed by atoms with Gasteiger partial charge in [-0.1, -0.05) is 19.4 Å². The first-order chi connectivity index (χ1) is 12.7. The Labute approximate surface area is 162 Å². The minimum Gasteiger partial charge on any atom is -0.462 e. The second-order valence-corrected chi connectivity index (χ2v) is 9.99. The fourth-order valence-corrected chi connectivity index (χ4v) is 7.64. The van der Waals surface area contributed by atoms with Crippen LogP contribution in [0.5, 0.6) is 0 Å². The molecule has 0 N–H and O–H groups in total. The van der Waals surface area contributed by atoms with Crippen LogP contribution < -0.4 is 0 Å². The lowest BCUT2D eigenvalue weighted by Crippen LogP contribution is -2.57. The first-order valence-electron chi connectivity index (χ1n) is 10.6. The SMILES string of the molecule is CC(=O)O[C@@H]1C[C@]2(C)[C@H](C(C)=O)CC[C@H]2[C@H]2CCC3=CC(=O)CC[C@]3(C)[C@@H]21. The quantitative estimate of drug-likeness (QED) is 0.679. The summed E-state index contributed by atoms with van der Waals surface area (Å²) in [5.74, 6) is 1.61. The highest BCUT2D eigenvalue weighted by Crippen LogP contribution is 2.67. The van der Waals surface area contributed by atoms with Crippen molar-refractivity contribution in [3.63, 3.8) is 0 Å². The summed E-state index contributed by atoms with van der Waals surface area (Å²) in [6, 6.07) is 0. The van der Waals surface area contributed by atoms with Crippen LogP contribution in [-0.2, 0) is 19.1 Å². The summed E-state index contributed by atoms with van der Waals surface area (Å²) in [6.07, 6.45) is 8.02. The Morgan fingerprint density at radius 1 is 1.11 bits per heavy atom. The fraction of sp³-hybridized carbons (Fsp3) is 0.783. The number of hydrogen-bond donors (Lipinski definition) is 0. The lowest BCUT2D eigenvalue weighted by atomic mass is 9.46. The number of esters is 1. The molecule has 4 aliphatic rings. The largest absolute Gasteiger partial charge is 0.462 e. The molecular weight excluding hydrogens is 340 g/mol. The van der Waals surface area contributed by atoms with Crippen LogP contribution in [-0.4, -0.2) is 23.6 Å². The Morgan fingerprint density at radius 2 is 1.85 bits per heavy atom. The second kappa shape index (κ2) is 6.28. The highest BCUT2D eigenvalue weighted by Gasteiger charge is 2.63. The number of ketones is 2. The van der Waals surface area contributed by atoms with Gasteiger partial charge in [0.2, 0.25) is 0 Å². The molecule has 0 radical (unpaired) electrons. The van der Waals surface area contributed by atoms with Crippen LogP contribution in [0.4, 0.5) is 0 Å². The van der Waals surface area contributed by atoms with Gasteiger partial charge in [-0.3, -0.25) is 14.4 Å². The summed E-state index contributed by atoms with van der Waals surface area (Å²) in [6.45, 7) is 7.77. The summed E-state index contributed by atoms with van der Waals surface area (Å²) < 4.78 is 5.94. The van der Waals surface area contributed by atoms with E-state index in [2.05, 4.69) is 13.8 Å². The molecule has 27 heavy (non-hydrogen) atoms. The van der Waals surface area contributed by atoms with E-state index < -0.39 is 0 Å². The van der Waals surface area contributed by atoms with Crippen LogP contribution in [0, 0.1) is 34.5 Å². The predicted octanol–water partition coefficient (Wildman–Crippen LogP) is 4.27. The number of carbonyl (C=O) groups is 3. The average molecular weight is 373 g/mol. The van der Waals surface area contributed by atoms with Crippen molar-refractivity contribution in [2.75, 3.05) is 0 Å². The Bertz CT molecular complexity index is 722. The number of fused-ring (bicyclic) bond motifs is 5. The van der Waals surface area contributed by atoms with Crippen molar-refractivity contribution in [1.29, 1.82) is 0 Å². The Kier molecular flexibility index (Phi) is 4.40. The van der Waals surface area contributed by atoms with E-state index in [4.69, 9.17) is 4.74 Å². The lowest BCUT2D eigenvalue weighted by Gasteiger charge is -2.60. The van der Waals surface area contributed by atoms with Gasteiger partial charge in [0, 0.05) is 25.2 Å². The van der Waals surface area contributed by atoms with E-state index in [9.17, 15) is 14.4 Å². The maximum Gasteiger partial charge on any atom is 0.302 e. The third kappa shape index (κ3) is 2.74. The zero-order valence-electron chi connectivity index (χ0n) is 17.0. The zero-order valence-corrected chi connectivity index (χ0v) is 17.0. The predicted molar refractivity (Wildman–Crippen MR) is 102 cm³/mol. The van der Waals surface area contributed by atoms with E-state index in [1.807, 2.05) is 6.08 Å². The molecule has 4 heteroatoms. The molecule has 0 spiro atoms.